The van der Waals surface area contributed by atoms with E-state index >= 15 is 0 Å². The van der Waals surface area contributed by atoms with Crippen molar-refractivity contribution in [2.24, 2.45) is 0 Å². The van der Waals surface area contributed by atoms with Crippen molar-refractivity contribution in [3.05, 3.63) is 99.9 Å². The van der Waals surface area contributed by atoms with Gasteiger partial charge in [-0.05, 0) is 48.9 Å². The molecule has 0 amide bonds. The average molecular weight is 535 g/mol. The number of ketones is 1. The van der Waals surface area contributed by atoms with Crippen molar-refractivity contribution >= 4 is 35.0 Å². The van der Waals surface area contributed by atoms with Crippen molar-refractivity contribution < 1.29 is 24.2 Å². The number of hydrogen-bond donors (Lipinski definition) is 1. The molecule has 4 aromatic rings. The van der Waals surface area contributed by atoms with Crippen LogP contribution in [0.2, 0.25) is 10.0 Å². The molecule has 1 N–H and O–H groups in total. The predicted molar refractivity (Wildman–Crippen MR) is 139 cm³/mol. The molecule has 0 saturated heterocycles. The van der Waals surface area contributed by atoms with Crippen LogP contribution in [0, 0.1) is 0 Å². The van der Waals surface area contributed by atoms with Gasteiger partial charge in [0.25, 0.3) is 0 Å². The number of carbonyl (C=O) groups excluding carboxylic acids is 1. The first kappa shape index (κ1) is 24.7. The van der Waals surface area contributed by atoms with Crippen molar-refractivity contribution in [2.75, 3.05) is 6.61 Å². The molecular formula is C28H20Cl2N2O5. The predicted octanol–water partition coefficient (Wildman–Crippen LogP) is 6.62. The highest BCUT2D eigenvalue weighted by atomic mass is 35.5. The number of fused-ring (bicyclic) bond motifs is 1. The van der Waals surface area contributed by atoms with Crippen molar-refractivity contribution in [1.29, 1.82) is 0 Å². The number of aromatic nitrogens is 2. The SMILES string of the molecule is O=C(Cc1cncc(-c2ccc(Cl)cc2)n1)c1ccc(Oc2cc3c(cc2Cl)C(C(=O)O)CCO3)cc1. The summed E-state index contributed by atoms with van der Waals surface area (Å²) in [6.45, 7) is 0.300. The molecule has 1 aromatic heterocycles. The van der Waals surface area contributed by atoms with Crippen LogP contribution < -0.4 is 9.47 Å². The number of hydrogen-bond acceptors (Lipinski definition) is 6. The molecule has 0 aliphatic carbocycles. The second-order valence-electron chi connectivity index (χ2n) is 8.48. The number of rotatable bonds is 7. The first-order chi connectivity index (χ1) is 17.9. The van der Waals surface area contributed by atoms with Crippen molar-refractivity contribution in [3.63, 3.8) is 0 Å². The van der Waals surface area contributed by atoms with Crippen LogP contribution in [0.4, 0.5) is 0 Å². The Labute approximate surface area is 222 Å². The third-order valence-corrected chi connectivity index (χ3v) is 6.52. The molecule has 9 heteroatoms. The number of carboxylic acid groups (broad SMARTS) is 1. The number of ether oxygens (including phenoxy) is 2. The molecule has 0 bridgehead atoms. The lowest BCUT2D eigenvalue weighted by atomic mass is 9.93. The van der Waals surface area contributed by atoms with E-state index in [0.717, 1.165) is 5.56 Å². The molecule has 186 valence electrons. The van der Waals surface area contributed by atoms with Gasteiger partial charge in [0.2, 0.25) is 0 Å². The molecule has 2 heterocycles. The van der Waals surface area contributed by atoms with E-state index in [2.05, 4.69) is 9.97 Å². The van der Waals surface area contributed by atoms with Crippen LogP contribution in [-0.4, -0.2) is 33.4 Å². The zero-order valence-electron chi connectivity index (χ0n) is 19.4. The zero-order valence-corrected chi connectivity index (χ0v) is 20.9. The standard InChI is InChI=1S/C28H20Cl2N2O5/c29-18-5-1-16(2-6-18)24-15-31-14-19(32-24)11-25(33)17-3-7-20(8-4-17)37-27-13-26-22(12-23(27)30)21(28(34)35)9-10-36-26/h1-8,12-15,21H,9-11H2,(H,34,35). The van der Waals surface area contributed by atoms with Crippen LogP contribution in [0.5, 0.6) is 17.2 Å². The number of halogens is 2. The molecule has 7 nitrogen and oxygen atoms in total. The maximum atomic E-state index is 12.9. The average Bonchev–Trinajstić information content (AvgIpc) is 2.89. The van der Waals surface area contributed by atoms with E-state index in [1.54, 1.807) is 60.9 Å². The highest BCUT2D eigenvalue weighted by Gasteiger charge is 2.29. The van der Waals surface area contributed by atoms with Gasteiger partial charge in [-0.3, -0.25) is 14.6 Å². The summed E-state index contributed by atoms with van der Waals surface area (Å²) in [4.78, 5) is 33.2. The van der Waals surface area contributed by atoms with Gasteiger partial charge in [-0.2, -0.15) is 0 Å². The fourth-order valence-electron chi connectivity index (χ4n) is 4.08. The topological polar surface area (TPSA) is 98.6 Å². The van der Waals surface area contributed by atoms with E-state index in [9.17, 15) is 14.7 Å². The van der Waals surface area contributed by atoms with Crippen LogP contribution in [-0.2, 0) is 11.2 Å². The second kappa shape index (κ2) is 10.6. The summed E-state index contributed by atoms with van der Waals surface area (Å²) >= 11 is 12.3. The lowest BCUT2D eigenvalue weighted by Crippen LogP contribution is -2.20. The Morgan fingerprint density at radius 3 is 2.51 bits per heavy atom. The molecule has 1 aliphatic rings. The Morgan fingerprint density at radius 2 is 1.78 bits per heavy atom. The Morgan fingerprint density at radius 1 is 1.03 bits per heavy atom. The maximum Gasteiger partial charge on any atom is 0.311 e. The van der Waals surface area contributed by atoms with Crippen LogP contribution in [0.3, 0.4) is 0 Å². The van der Waals surface area contributed by atoms with Crippen LogP contribution in [0.1, 0.15) is 34.0 Å². The zero-order chi connectivity index (χ0) is 25.9. The summed E-state index contributed by atoms with van der Waals surface area (Å²) in [5, 5.41) is 10.4. The molecule has 3 aromatic carbocycles. The van der Waals surface area contributed by atoms with Crippen LogP contribution >= 0.6 is 23.2 Å². The molecular weight excluding hydrogens is 515 g/mol. The van der Waals surface area contributed by atoms with Gasteiger partial charge in [0.05, 0.1) is 41.6 Å². The highest BCUT2D eigenvalue weighted by molar-refractivity contribution is 6.32. The Kier molecular flexibility index (Phi) is 7.08. The van der Waals surface area contributed by atoms with E-state index in [-0.39, 0.29) is 17.2 Å². The monoisotopic (exact) mass is 534 g/mol. The van der Waals surface area contributed by atoms with Gasteiger partial charge in [0.1, 0.15) is 17.2 Å². The Balaban J connectivity index is 1.28. The minimum atomic E-state index is -0.919. The third-order valence-electron chi connectivity index (χ3n) is 5.97. The minimum absolute atomic E-state index is 0.0906. The summed E-state index contributed by atoms with van der Waals surface area (Å²) < 4.78 is 11.5. The summed E-state index contributed by atoms with van der Waals surface area (Å²) in [5.74, 6) is -0.469. The second-order valence-corrected chi connectivity index (χ2v) is 9.32. The number of Topliss-reactive ketones (excluding diaryl/α,β-unsaturated/α-hetero) is 1. The summed E-state index contributed by atoms with van der Waals surface area (Å²) in [6.07, 6.45) is 3.69. The summed E-state index contributed by atoms with van der Waals surface area (Å²) in [6, 6.07) is 17.1. The van der Waals surface area contributed by atoms with Crippen molar-refractivity contribution in [1.82, 2.24) is 9.97 Å². The first-order valence-corrected chi connectivity index (χ1v) is 12.2. The minimum Gasteiger partial charge on any atom is -0.493 e. The molecule has 1 unspecified atom stereocenters. The summed E-state index contributed by atoms with van der Waals surface area (Å²) in [5.41, 5.74) is 3.09. The van der Waals surface area contributed by atoms with Gasteiger partial charge in [0, 0.05) is 34.0 Å². The van der Waals surface area contributed by atoms with Gasteiger partial charge >= 0.3 is 5.97 Å². The van der Waals surface area contributed by atoms with Crippen molar-refractivity contribution in [3.8, 4) is 28.5 Å². The number of nitrogens with zero attached hydrogens (tertiary/aromatic N) is 2. The fraction of sp³-hybridized carbons (Fsp3) is 0.143. The number of benzene rings is 3. The smallest absolute Gasteiger partial charge is 0.311 e. The number of carbonyl (C=O) groups is 2. The third kappa shape index (κ3) is 5.58. The molecule has 0 saturated carbocycles. The molecule has 5 rings (SSSR count). The van der Waals surface area contributed by atoms with E-state index in [0.29, 0.717) is 57.8 Å². The molecule has 0 radical (unpaired) electrons. The maximum absolute atomic E-state index is 12.9. The number of carboxylic acids is 1. The molecule has 1 atom stereocenters. The van der Waals surface area contributed by atoms with E-state index in [4.69, 9.17) is 32.7 Å². The molecule has 0 spiro atoms. The fourth-order valence-corrected chi connectivity index (χ4v) is 4.41. The van der Waals surface area contributed by atoms with E-state index in [1.807, 2.05) is 12.1 Å². The van der Waals surface area contributed by atoms with Gasteiger partial charge < -0.3 is 14.6 Å². The molecule has 0 fully saturated rings. The Hall–Kier alpha value is -3.94. The van der Waals surface area contributed by atoms with E-state index in [1.165, 1.54) is 0 Å². The lowest BCUT2D eigenvalue weighted by molar-refractivity contribution is -0.139. The first-order valence-electron chi connectivity index (χ1n) is 11.4. The summed E-state index contributed by atoms with van der Waals surface area (Å²) in [7, 11) is 0. The largest absolute Gasteiger partial charge is 0.493 e. The van der Waals surface area contributed by atoms with Gasteiger partial charge in [-0.25, -0.2) is 4.98 Å². The highest BCUT2D eigenvalue weighted by Crippen LogP contribution is 2.41. The van der Waals surface area contributed by atoms with Crippen LogP contribution in [0.25, 0.3) is 11.3 Å². The number of aliphatic carboxylic acids is 1. The quantitative estimate of drug-likeness (QED) is 0.266. The normalized spacial score (nSPS) is 14.4. The molecule has 1 aliphatic heterocycles. The lowest BCUT2D eigenvalue weighted by Gasteiger charge is -2.24. The Bertz CT molecular complexity index is 1470. The van der Waals surface area contributed by atoms with Gasteiger partial charge in [0.15, 0.2) is 5.78 Å². The van der Waals surface area contributed by atoms with Gasteiger partial charge in [-0.15, -0.1) is 0 Å². The van der Waals surface area contributed by atoms with Gasteiger partial charge in [-0.1, -0.05) is 35.3 Å². The molecule has 37 heavy (non-hydrogen) atoms. The van der Waals surface area contributed by atoms with E-state index < -0.39 is 11.9 Å². The van der Waals surface area contributed by atoms with Crippen molar-refractivity contribution in [2.45, 2.75) is 18.8 Å². The van der Waals surface area contributed by atoms with Crippen LogP contribution in [0.15, 0.2) is 73.1 Å².